The summed E-state index contributed by atoms with van der Waals surface area (Å²) in [5.41, 5.74) is 6.26. The third-order valence-corrected chi connectivity index (χ3v) is 5.79. The minimum atomic E-state index is -0.687. The van der Waals surface area contributed by atoms with Crippen LogP contribution in [0.15, 0.2) is 10.7 Å². The Labute approximate surface area is 130 Å². The molecule has 6 nitrogen and oxygen atoms in total. The zero-order valence-corrected chi connectivity index (χ0v) is 13.2. The molecule has 4 N–H and O–H groups in total. The molecule has 4 unspecified atom stereocenters. The van der Waals surface area contributed by atoms with Crippen molar-refractivity contribution in [3.63, 3.8) is 0 Å². The fourth-order valence-corrected chi connectivity index (χ4v) is 4.16. The van der Waals surface area contributed by atoms with Crippen LogP contribution in [0.3, 0.4) is 0 Å². The fraction of sp³-hybridized carbons (Fsp3) is 0.750. The van der Waals surface area contributed by atoms with Crippen molar-refractivity contribution in [2.24, 2.45) is 28.9 Å². The zero-order chi connectivity index (χ0) is 15.9. The highest BCUT2D eigenvalue weighted by molar-refractivity contribution is 5.91. The van der Waals surface area contributed by atoms with Gasteiger partial charge in [-0.05, 0) is 42.4 Å². The van der Waals surface area contributed by atoms with Crippen LogP contribution in [0.5, 0.6) is 0 Å². The van der Waals surface area contributed by atoms with E-state index in [0.717, 1.165) is 5.92 Å². The molecule has 3 aliphatic rings. The van der Waals surface area contributed by atoms with E-state index in [4.69, 9.17) is 15.3 Å². The molecule has 0 radical (unpaired) electrons. The number of aliphatic hydroxyl groups excluding tert-OH is 1. The minimum absolute atomic E-state index is 0.188. The molecule has 22 heavy (non-hydrogen) atoms. The van der Waals surface area contributed by atoms with E-state index in [9.17, 15) is 4.79 Å². The standard InChI is InChI=1S/C16H25N3O3/c1-16(2)10-4-3-9(11(16)5-10)6-18-14(21)13-8-22-15(19-13)12(17)7-20/h8-12,20H,3-7,17H2,1-2H3,(H,18,21). The normalized spacial score (nSPS) is 30.5. The predicted octanol–water partition coefficient (Wildman–Crippen LogP) is 1.47. The first kappa shape index (κ1) is 15.5. The number of nitrogens with zero attached hydrogens (tertiary/aromatic N) is 1. The van der Waals surface area contributed by atoms with Gasteiger partial charge in [0, 0.05) is 6.54 Å². The first-order valence-corrected chi connectivity index (χ1v) is 8.03. The smallest absolute Gasteiger partial charge is 0.273 e. The molecule has 6 heteroatoms. The van der Waals surface area contributed by atoms with Crippen LogP contribution in [0.25, 0.3) is 0 Å². The summed E-state index contributed by atoms with van der Waals surface area (Å²) in [4.78, 5) is 16.2. The van der Waals surface area contributed by atoms with Crippen molar-refractivity contribution in [3.05, 3.63) is 17.8 Å². The molecule has 4 atom stereocenters. The number of carbonyl (C=O) groups excluding carboxylic acids is 1. The quantitative estimate of drug-likeness (QED) is 0.764. The first-order valence-electron chi connectivity index (χ1n) is 8.03. The molecule has 3 aliphatic carbocycles. The molecular weight excluding hydrogens is 282 g/mol. The van der Waals surface area contributed by atoms with Crippen LogP contribution in [0.2, 0.25) is 0 Å². The summed E-state index contributed by atoms with van der Waals surface area (Å²) in [6.07, 6.45) is 5.05. The summed E-state index contributed by atoms with van der Waals surface area (Å²) in [6.45, 7) is 5.12. The van der Waals surface area contributed by atoms with Gasteiger partial charge in [-0.2, -0.15) is 0 Å². The maximum Gasteiger partial charge on any atom is 0.273 e. The molecule has 122 valence electrons. The fourth-order valence-electron chi connectivity index (χ4n) is 4.16. The Bertz CT molecular complexity index is 553. The number of hydrogen-bond donors (Lipinski definition) is 3. The number of nitrogens with one attached hydrogen (secondary N) is 1. The number of hydrogen-bond acceptors (Lipinski definition) is 5. The van der Waals surface area contributed by atoms with E-state index in [1.807, 2.05) is 0 Å². The van der Waals surface area contributed by atoms with Gasteiger partial charge < -0.3 is 20.6 Å². The van der Waals surface area contributed by atoms with Crippen molar-refractivity contribution in [1.29, 1.82) is 0 Å². The van der Waals surface area contributed by atoms with Crippen LogP contribution in [-0.4, -0.2) is 29.1 Å². The van der Waals surface area contributed by atoms with Gasteiger partial charge in [-0.3, -0.25) is 4.79 Å². The number of aromatic nitrogens is 1. The molecule has 3 saturated carbocycles. The minimum Gasteiger partial charge on any atom is -0.446 e. The molecule has 1 aromatic rings. The molecule has 2 bridgehead atoms. The lowest BCUT2D eigenvalue weighted by Gasteiger charge is -2.60. The van der Waals surface area contributed by atoms with Crippen molar-refractivity contribution in [2.45, 2.75) is 39.2 Å². The molecule has 0 aromatic carbocycles. The predicted molar refractivity (Wildman–Crippen MR) is 81.0 cm³/mol. The number of nitrogens with two attached hydrogens (primary N) is 1. The van der Waals surface area contributed by atoms with Crippen molar-refractivity contribution in [3.8, 4) is 0 Å². The van der Waals surface area contributed by atoms with Crippen LogP contribution in [0, 0.1) is 23.2 Å². The van der Waals surface area contributed by atoms with Crippen LogP contribution >= 0.6 is 0 Å². The summed E-state index contributed by atoms with van der Waals surface area (Å²) in [7, 11) is 0. The van der Waals surface area contributed by atoms with Crippen molar-refractivity contribution < 1.29 is 14.3 Å². The van der Waals surface area contributed by atoms with Crippen molar-refractivity contribution >= 4 is 5.91 Å². The Morgan fingerprint density at radius 3 is 3.00 bits per heavy atom. The van der Waals surface area contributed by atoms with Gasteiger partial charge in [0.1, 0.15) is 12.3 Å². The Kier molecular flexibility index (Phi) is 3.99. The van der Waals surface area contributed by atoms with E-state index < -0.39 is 6.04 Å². The highest BCUT2D eigenvalue weighted by atomic mass is 16.3. The lowest BCUT2D eigenvalue weighted by atomic mass is 9.45. The van der Waals surface area contributed by atoms with Crippen LogP contribution in [0.1, 0.15) is 55.5 Å². The Morgan fingerprint density at radius 1 is 1.59 bits per heavy atom. The molecule has 0 spiro atoms. The van der Waals surface area contributed by atoms with Gasteiger partial charge in [0.15, 0.2) is 5.69 Å². The van der Waals surface area contributed by atoms with E-state index in [1.165, 1.54) is 25.5 Å². The van der Waals surface area contributed by atoms with E-state index in [0.29, 0.717) is 23.8 Å². The number of oxazole rings is 1. The van der Waals surface area contributed by atoms with E-state index in [2.05, 4.69) is 24.1 Å². The number of aliphatic hydroxyl groups is 1. The molecule has 1 aromatic heterocycles. The van der Waals surface area contributed by atoms with Gasteiger partial charge in [-0.25, -0.2) is 4.98 Å². The number of carbonyl (C=O) groups is 1. The van der Waals surface area contributed by atoms with Gasteiger partial charge in [-0.1, -0.05) is 13.8 Å². The Balaban J connectivity index is 1.55. The molecule has 1 heterocycles. The molecule has 3 fully saturated rings. The maximum atomic E-state index is 12.2. The van der Waals surface area contributed by atoms with Gasteiger partial charge >= 0.3 is 0 Å². The average molecular weight is 307 g/mol. The SMILES string of the molecule is CC1(C)C2CCC(CNC(=O)c3coc(C(N)CO)n3)C1C2. The van der Waals surface area contributed by atoms with E-state index in [1.54, 1.807) is 0 Å². The summed E-state index contributed by atoms with van der Waals surface area (Å²) < 4.78 is 5.14. The monoisotopic (exact) mass is 307 g/mol. The lowest BCUT2D eigenvalue weighted by Crippen LogP contribution is -2.54. The van der Waals surface area contributed by atoms with Gasteiger partial charge in [0.2, 0.25) is 5.89 Å². The third-order valence-electron chi connectivity index (χ3n) is 5.79. The molecule has 0 aliphatic heterocycles. The topological polar surface area (TPSA) is 101 Å². The number of fused-ring (bicyclic) bond motifs is 2. The summed E-state index contributed by atoms with van der Waals surface area (Å²) in [5, 5.41) is 11.9. The third kappa shape index (κ3) is 2.54. The second-order valence-electron chi connectivity index (χ2n) is 7.27. The Hall–Kier alpha value is -1.40. The highest BCUT2D eigenvalue weighted by Gasteiger charge is 2.53. The average Bonchev–Trinajstić information content (AvgIpc) is 3.01. The zero-order valence-electron chi connectivity index (χ0n) is 13.2. The highest BCUT2D eigenvalue weighted by Crippen LogP contribution is 2.61. The largest absolute Gasteiger partial charge is 0.446 e. The second-order valence-corrected chi connectivity index (χ2v) is 7.27. The summed E-state index contributed by atoms with van der Waals surface area (Å²) in [6, 6.07) is -0.687. The van der Waals surface area contributed by atoms with Crippen LogP contribution < -0.4 is 11.1 Å². The maximum absolute atomic E-state index is 12.2. The second kappa shape index (κ2) is 5.66. The van der Waals surface area contributed by atoms with Crippen molar-refractivity contribution in [1.82, 2.24) is 10.3 Å². The summed E-state index contributed by atoms with van der Waals surface area (Å²) >= 11 is 0. The molecular formula is C16H25N3O3. The molecule has 0 saturated heterocycles. The van der Waals surface area contributed by atoms with Gasteiger partial charge in [-0.15, -0.1) is 0 Å². The van der Waals surface area contributed by atoms with Crippen LogP contribution in [-0.2, 0) is 0 Å². The first-order chi connectivity index (χ1) is 10.4. The van der Waals surface area contributed by atoms with E-state index in [-0.39, 0.29) is 24.1 Å². The van der Waals surface area contributed by atoms with E-state index >= 15 is 0 Å². The molecule has 4 rings (SSSR count). The number of rotatable bonds is 5. The van der Waals surface area contributed by atoms with Crippen LogP contribution in [0.4, 0.5) is 0 Å². The lowest BCUT2D eigenvalue weighted by molar-refractivity contribution is -0.103. The summed E-state index contributed by atoms with van der Waals surface area (Å²) in [5.74, 6) is 2.08. The molecule has 1 amide bonds. The Morgan fingerprint density at radius 2 is 2.36 bits per heavy atom. The van der Waals surface area contributed by atoms with Gasteiger partial charge in [0.25, 0.3) is 5.91 Å². The van der Waals surface area contributed by atoms with Crippen molar-refractivity contribution in [2.75, 3.05) is 13.2 Å². The van der Waals surface area contributed by atoms with Gasteiger partial charge in [0.05, 0.1) is 6.61 Å². The number of amides is 1.